The zero-order valence-electron chi connectivity index (χ0n) is 8.62. The minimum atomic E-state index is 0.114. The average molecular weight is 289 g/mol. The molecule has 0 saturated heterocycles. The molecule has 0 atom stereocenters. The van der Waals surface area contributed by atoms with Crippen LogP contribution < -0.4 is 5.73 Å². The number of halogens is 3. The summed E-state index contributed by atoms with van der Waals surface area (Å²) >= 11 is 17.9. The fourth-order valence-corrected chi connectivity index (χ4v) is 2.20. The van der Waals surface area contributed by atoms with E-state index in [1.54, 1.807) is 24.3 Å². The van der Waals surface area contributed by atoms with E-state index in [4.69, 9.17) is 40.5 Å². The summed E-state index contributed by atoms with van der Waals surface area (Å²) in [4.78, 5) is 7.86. The highest BCUT2D eigenvalue weighted by molar-refractivity contribution is 6.36. The van der Waals surface area contributed by atoms with Crippen LogP contribution in [0.2, 0.25) is 15.3 Å². The van der Waals surface area contributed by atoms with Crippen molar-refractivity contribution in [2.45, 2.75) is 6.42 Å². The van der Waals surface area contributed by atoms with Gasteiger partial charge in [0.2, 0.25) is 5.28 Å². The van der Waals surface area contributed by atoms with Crippen LogP contribution in [0.1, 0.15) is 11.3 Å². The van der Waals surface area contributed by atoms with E-state index >= 15 is 0 Å². The van der Waals surface area contributed by atoms with Crippen molar-refractivity contribution in [1.82, 2.24) is 9.97 Å². The molecule has 0 amide bonds. The first-order chi connectivity index (χ1) is 8.06. The highest BCUT2D eigenvalue weighted by atomic mass is 35.5. The van der Waals surface area contributed by atoms with Gasteiger partial charge in [-0.25, -0.2) is 9.97 Å². The van der Waals surface area contributed by atoms with Crippen LogP contribution in [0.4, 0.5) is 5.82 Å². The molecule has 0 aliphatic carbocycles. The van der Waals surface area contributed by atoms with Gasteiger partial charge in [0.15, 0.2) is 0 Å². The van der Waals surface area contributed by atoms with Gasteiger partial charge in [0, 0.05) is 22.5 Å². The fourth-order valence-electron chi connectivity index (χ4n) is 1.46. The Balaban J connectivity index is 2.38. The molecule has 1 heterocycles. The highest BCUT2D eigenvalue weighted by Gasteiger charge is 2.08. The molecule has 6 heteroatoms. The number of anilines is 1. The van der Waals surface area contributed by atoms with Crippen LogP contribution in [-0.2, 0) is 6.42 Å². The topological polar surface area (TPSA) is 51.8 Å². The standard InChI is InChI=1S/C11H8Cl3N3/c12-8-2-1-3-9(13)7(8)4-6-5-10(15)17-11(14)16-6/h1-3,5H,4H2,(H2,15,16,17). The molecule has 0 bridgehead atoms. The summed E-state index contributed by atoms with van der Waals surface area (Å²) < 4.78 is 0. The molecule has 0 unspecified atom stereocenters. The number of nitrogens with zero attached hydrogens (tertiary/aromatic N) is 2. The molecule has 3 nitrogen and oxygen atoms in total. The Morgan fingerprint density at radius 1 is 1.06 bits per heavy atom. The van der Waals surface area contributed by atoms with E-state index in [1.807, 2.05) is 0 Å². The summed E-state index contributed by atoms with van der Waals surface area (Å²) in [7, 11) is 0. The normalized spacial score (nSPS) is 10.5. The molecular weight excluding hydrogens is 281 g/mol. The predicted octanol–water partition coefficient (Wildman–Crippen LogP) is 3.61. The number of benzene rings is 1. The second-order valence-electron chi connectivity index (χ2n) is 3.43. The van der Waals surface area contributed by atoms with Crippen LogP contribution in [0.15, 0.2) is 24.3 Å². The molecule has 0 aliphatic rings. The Morgan fingerprint density at radius 2 is 1.71 bits per heavy atom. The van der Waals surface area contributed by atoms with E-state index < -0.39 is 0 Å². The van der Waals surface area contributed by atoms with E-state index in [1.165, 1.54) is 0 Å². The summed E-state index contributed by atoms with van der Waals surface area (Å²) in [5, 5.41) is 1.29. The van der Waals surface area contributed by atoms with Crippen molar-refractivity contribution >= 4 is 40.6 Å². The number of nitrogens with two attached hydrogens (primary N) is 1. The zero-order valence-corrected chi connectivity index (χ0v) is 10.9. The van der Waals surface area contributed by atoms with Gasteiger partial charge in [-0.1, -0.05) is 29.3 Å². The van der Waals surface area contributed by atoms with Gasteiger partial charge >= 0.3 is 0 Å². The van der Waals surface area contributed by atoms with Gasteiger partial charge in [0.25, 0.3) is 0 Å². The van der Waals surface area contributed by atoms with Crippen LogP contribution in [0.3, 0.4) is 0 Å². The smallest absolute Gasteiger partial charge is 0.224 e. The van der Waals surface area contributed by atoms with Crippen molar-refractivity contribution in [2.75, 3.05) is 5.73 Å². The van der Waals surface area contributed by atoms with Gasteiger partial charge in [-0.05, 0) is 29.3 Å². The number of hydrogen-bond acceptors (Lipinski definition) is 3. The maximum absolute atomic E-state index is 6.07. The molecule has 88 valence electrons. The van der Waals surface area contributed by atoms with Crippen LogP contribution >= 0.6 is 34.8 Å². The van der Waals surface area contributed by atoms with Crippen molar-refractivity contribution in [3.8, 4) is 0 Å². The molecule has 1 aromatic heterocycles. The average Bonchev–Trinajstić information content (AvgIpc) is 2.22. The molecule has 2 N–H and O–H groups in total. The Labute approximate surface area is 114 Å². The molecule has 0 saturated carbocycles. The number of hydrogen-bond donors (Lipinski definition) is 1. The molecule has 1 aromatic carbocycles. The lowest BCUT2D eigenvalue weighted by molar-refractivity contribution is 1.03. The Morgan fingerprint density at radius 3 is 2.29 bits per heavy atom. The quantitative estimate of drug-likeness (QED) is 0.859. The third kappa shape index (κ3) is 3.00. The number of nitrogen functional groups attached to an aromatic ring is 1. The second kappa shape index (κ2) is 5.08. The van der Waals surface area contributed by atoms with Crippen LogP contribution in [0, 0.1) is 0 Å². The first kappa shape index (κ1) is 12.4. The molecule has 2 rings (SSSR count). The molecule has 0 fully saturated rings. The van der Waals surface area contributed by atoms with E-state index in [9.17, 15) is 0 Å². The van der Waals surface area contributed by atoms with Gasteiger partial charge in [-0.2, -0.15) is 0 Å². The summed E-state index contributed by atoms with van der Waals surface area (Å²) in [6.45, 7) is 0. The van der Waals surface area contributed by atoms with Gasteiger partial charge < -0.3 is 5.73 Å². The number of aromatic nitrogens is 2. The minimum Gasteiger partial charge on any atom is -0.384 e. The Kier molecular flexibility index (Phi) is 3.72. The molecule has 2 aromatic rings. The number of rotatable bonds is 2. The largest absolute Gasteiger partial charge is 0.384 e. The van der Waals surface area contributed by atoms with Crippen LogP contribution in [-0.4, -0.2) is 9.97 Å². The summed E-state index contributed by atoms with van der Waals surface area (Å²) in [5.74, 6) is 0.322. The van der Waals surface area contributed by atoms with Crippen molar-refractivity contribution in [2.24, 2.45) is 0 Å². The second-order valence-corrected chi connectivity index (χ2v) is 4.58. The highest BCUT2D eigenvalue weighted by Crippen LogP contribution is 2.26. The van der Waals surface area contributed by atoms with Crippen molar-refractivity contribution in [3.63, 3.8) is 0 Å². The van der Waals surface area contributed by atoms with Crippen molar-refractivity contribution in [3.05, 3.63) is 50.9 Å². The zero-order chi connectivity index (χ0) is 12.4. The minimum absolute atomic E-state index is 0.114. The van der Waals surface area contributed by atoms with Crippen LogP contribution in [0.5, 0.6) is 0 Å². The van der Waals surface area contributed by atoms with Crippen LogP contribution in [0.25, 0.3) is 0 Å². The van der Waals surface area contributed by atoms with E-state index in [0.29, 0.717) is 28.0 Å². The van der Waals surface area contributed by atoms with E-state index in [-0.39, 0.29) is 5.28 Å². The van der Waals surface area contributed by atoms with Gasteiger partial charge in [-0.15, -0.1) is 0 Å². The lowest BCUT2D eigenvalue weighted by Crippen LogP contribution is -1.99. The molecular formula is C11H8Cl3N3. The SMILES string of the molecule is Nc1cc(Cc2c(Cl)cccc2Cl)nc(Cl)n1. The van der Waals surface area contributed by atoms with E-state index in [0.717, 1.165) is 5.56 Å². The Bertz CT molecular complexity index is 517. The predicted molar refractivity (Wildman–Crippen MR) is 70.7 cm³/mol. The van der Waals surface area contributed by atoms with Crippen molar-refractivity contribution < 1.29 is 0 Å². The van der Waals surface area contributed by atoms with Gasteiger partial charge in [-0.3, -0.25) is 0 Å². The van der Waals surface area contributed by atoms with Gasteiger partial charge in [0.05, 0.1) is 5.69 Å². The van der Waals surface area contributed by atoms with E-state index in [2.05, 4.69) is 9.97 Å². The Hall–Kier alpha value is -1.03. The van der Waals surface area contributed by atoms with Crippen molar-refractivity contribution in [1.29, 1.82) is 0 Å². The molecule has 0 spiro atoms. The third-order valence-corrected chi connectivity index (χ3v) is 3.07. The summed E-state index contributed by atoms with van der Waals surface area (Å²) in [6.07, 6.45) is 0.463. The summed E-state index contributed by atoms with van der Waals surface area (Å²) in [5.41, 5.74) is 7.06. The maximum Gasteiger partial charge on any atom is 0.224 e. The maximum atomic E-state index is 6.07. The molecule has 17 heavy (non-hydrogen) atoms. The fraction of sp³-hybridized carbons (Fsp3) is 0.0909. The van der Waals surface area contributed by atoms with Gasteiger partial charge in [0.1, 0.15) is 5.82 Å². The third-order valence-electron chi connectivity index (χ3n) is 2.19. The monoisotopic (exact) mass is 287 g/mol. The lowest BCUT2D eigenvalue weighted by Gasteiger charge is -2.07. The lowest BCUT2D eigenvalue weighted by atomic mass is 10.1. The first-order valence-electron chi connectivity index (χ1n) is 4.78. The molecule has 0 radical (unpaired) electrons. The molecule has 0 aliphatic heterocycles. The first-order valence-corrected chi connectivity index (χ1v) is 5.91. The summed E-state index contributed by atoms with van der Waals surface area (Å²) in [6, 6.07) is 6.98.